The predicted molar refractivity (Wildman–Crippen MR) is 66.6 cm³/mol. The van der Waals surface area contributed by atoms with Crippen LogP contribution >= 0.6 is 0 Å². The lowest BCUT2D eigenvalue weighted by atomic mass is 10.3. The van der Waals surface area contributed by atoms with Crippen molar-refractivity contribution in [2.45, 2.75) is 6.92 Å². The largest absolute Gasteiger partial charge is 0.253 e. The summed E-state index contributed by atoms with van der Waals surface area (Å²) in [5.41, 5.74) is 3.79. The van der Waals surface area contributed by atoms with Gasteiger partial charge in [0.1, 0.15) is 5.69 Å². The molecule has 0 saturated carbocycles. The molecule has 0 fully saturated rings. The van der Waals surface area contributed by atoms with Gasteiger partial charge in [0.25, 0.3) is 0 Å². The Labute approximate surface area is 99.5 Å². The van der Waals surface area contributed by atoms with E-state index in [1.165, 1.54) is 5.56 Å². The third-order valence-corrected chi connectivity index (χ3v) is 2.59. The lowest BCUT2D eigenvalue weighted by Crippen LogP contribution is -1.82. The average molecular weight is 221 g/mol. The Morgan fingerprint density at radius 2 is 1.65 bits per heavy atom. The lowest BCUT2D eigenvalue weighted by molar-refractivity contribution is 1.23. The first-order chi connectivity index (χ1) is 8.33. The van der Waals surface area contributed by atoms with Crippen LogP contribution in [0.4, 0.5) is 0 Å². The highest BCUT2D eigenvalue weighted by atomic mass is 15.0. The maximum absolute atomic E-state index is 4.51. The molecule has 0 N–H and O–H groups in total. The number of pyridine rings is 1. The Morgan fingerprint density at radius 1 is 0.824 bits per heavy atom. The van der Waals surface area contributed by atoms with Crippen LogP contribution < -0.4 is 0 Å². The number of rotatable bonds is 1. The highest BCUT2D eigenvalue weighted by molar-refractivity contribution is 5.64. The van der Waals surface area contributed by atoms with Gasteiger partial charge in [-0.15, -0.1) is 0 Å². The van der Waals surface area contributed by atoms with E-state index in [2.05, 4.69) is 21.9 Å². The van der Waals surface area contributed by atoms with E-state index < -0.39 is 0 Å². The number of hydrogen-bond donors (Lipinski definition) is 0. The zero-order valence-electron chi connectivity index (χ0n) is 9.46. The summed E-state index contributed by atoms with van der Waals surface area (Å²) < 4.78 is 0. The molecule has 0 saturated heterocycles. The van der Waals surface area contributed by atoms with Gasteiger partial charge in [-0.05, 0) is 36.8 Å². The predicted octanol–water partition coefficient (Wildman–Crippen LogP) is 2.95. The van der Waals surface area contributed by atoms with Crippen molar-refractivity contribution >= 4 is 0 Å². The number of aromatic nitrogens is 3. The van der Waals surface area contributed by atoms with Crippen LogP contribution in [0, 0.1) is 6.92 Å². The van der Waals surface area contributed by atoms with Crippen LogP contribution in [0.2, 0.25) is 0 Å². The second kappa shape index (κ2) is 3.94. The summed E-state index contributed by atoms with van der Waals surface area (Å²) in [6.45, 7) is 2.05. The first-order valence-electron chi connectivity index (χ1n) is 5.49. The number of aryl methyl sites for hydroxylation is 1. The maximum Gasteiger partial charge on any atom is 0.179 e. The van der Waals surface area contributed by atoms with Crippen LogP contribution in [0.3, 0.4) is 0 Å². The van der Waals surface area contributed by atoms with Crippen molar-refractivity contribution in [3.05, 3.63) is 54.2 Å². The zero-order valence-corrected chi connectivity index (χ0v) is 9.46. The van der Waals surface area contributed by atoms with Gasteiger partial charge in [0, 0.05) is 6.20 Å². The quantitative estimate of drug-likeness (QED) is 0.634. The average Bonchev–Trinajstić information content (AvgIpc) is 2.66. The Morgan fingerprint density at radius 3 is 2.47 bits per heavy atom. The lowest BCUT2D eigenvalue weighted by Gasteiger charge is -1.90. The molecule has 1 aromatic rings. The zero-order chi connectivity index (χ0) is 11.7. The molecule has 17 heavy (non-hydrogen) atoms. The monoisotopic (exact) mass is 221 g/mol. The van der Waals surface area contributed by atoms with Crippen molar-refractivity contribution in [1.82, 2.24) is 15.0 Å². The number of fused-ring (bicyclic) bond motifs is 1. The fourth-order valence-corrected chi connectivity index (χ4v) is 1.76. The Balaban J connectivity index is 2.18. The summed E-state index contributed by atoms with van der Waals surface area (Å²) in [4.78, 5) is 13.3. The minimum Gasteiger partial charge on any atom is -0.253 e. The minimum absolute atomic E-state index is 0.686. The second-order valence-electron chi connectivity index (χ2n) is 3.95. The summed E-state index contributed by atoms with van der Waals surface area (Å²) in [6, 6.07) is 13.8. The molecule has 1 aliphatic heterocycles. The molecule has 0 unspecified atom stereocenters. The first kappa shape index (κ1) is 9.90. The molecule has 0 spiro atoms. The van der Waals surface area contributed by atoms with Crippen molar-refractivity contribution in [2.75, 3.05) is 0 Å². The molecule has 82 valence electrons. The summed E-state index contributed by atoms with van der Waals surface area (Å²) in [5, 5.41) is 0. The van der Waals surface area contributed by atoms with Gasteiger partial charge in [0.05, 0.1) is 11.4 Å². The van der Waals surface area contributed by atoms with Gasteiger partial charge in [0.2, 0.25) is 0 Å². The molecule has 0 amide bonds. The fourth-order valence-electron chi connectivity index (χ4n) is 1.76. The molecule has 2 heterocycles. The van der Waals surface area contributed by atoms with Crippen LogP contribution in [-0.4, -0.2) is 15.0 Å². The molecule has 0 bridgehead atoms. The van der Waals surface area contributed by atoms with Crippen molar-refractivity contribution in [3.63, 3.8) is 0 Å². The van der Waals surface area contributed by atoms with Crippen molar-refractivity contribution in [3.8, 4) is 22.9 Å². The minimum atomic E-state index is 0.686. The van der Waals surface area contributed by atoms with Crippen LogP contribution in [0.15, 0.2) is 48.7 Å². The second-order valence-corrected chi connectivity index (χ2v) is 3.95. The van der Waals surface area contributed by atoms with E-state index in [1.807, 2.05) is 42.5 Å². The highest BCUT2D eigenvalue weighted by Crippen LogP contribution is 2.23. The standard InChI is InChI=1S/C14H11N3/c1-10-5-4-7-11-13(9-10)17-14(16-11)12-6-2-3-8-15-12/h2-9H,1H3. The number of hydrogen-bond acceptors (Lipinski definition) is 3. The first-order valence-corrected chi connectivity index (χ1v) is 5.49. The molecule has 2 aliphatic rings. The highest BCUT2D eigenvalue weighted by Gasteiger charge is 2.11. The molecule has 3 rings (SSSR count). The summed E-state index contributed by atoms with van der Waals surface area (Å²) in [5.74, 6) is 0.686. The van der Waals surface area contributed by atoms with E-state index in [0.717, 1.165) is 17.1 Å². The Bertz CT molecular complexity index is 620. The third-order valence-electron chi connectivity index (χ3n) is 2.59. The Hall–Kier alpha value is -2.29. The van der Waals surface area contributed by atoms with Gasteiger partial charge in [0.15, 0.2) is 5.82 Å². The van der Waals surface area contributed by atoms with Gasteiger partial charge >= 0.3 is 0 Å². The topological polar surface area (TPSA) is 38.7 Å². The maximum atomic E-state index is 4.51. The SMILES string of the molecule is Cc1cccc2nc(-c3ccccn3)nc-2c1. The van der Waals surface area contributed by atoms with Gasteiger partial charge in [-0.1, -0.05) is 18.2 Å². The van der Waals surface area contributed by atoms with E-state index in [4.69, 9.17) is 0 Å². The van der Waals surface area contributed by atoms with E-state index in [-0.39, 0.29) is 0 Å². The van der Waals surface area contributed by atoms with Gasteiger partial charge in [-0.3, -0.25) is 4.98 Å². The summed E-state index contributed by atoms with van der Waals surface area (Å²) in [6.07, 6.45) is 1.75. The summed E-state index contributed by atoms with van der Waals surface area (Å²) in [7, 11) is 0. The van der Waals surface area contributed by atoms with E-state index in [0.29, 0.717) is 5.82 Å². The normalized spacial score (nSPS) is 10.6. The van der Waals surface area contributed by atoms with Crippen molar-refractivity contribution in [1.29, 1.82) is 0 Å². The number of nitrogens with zero attached hydrogens (tertiary/aromatic N) is 3. The summed E-state index contributed by atoms with van der Waals surface area (Å²) >= 11 is 0. The van der Waals surface area contributed by atoms with E-state index >= 15 is 0 Å². The van der Waals surface area contributed by atoms with Crippen LogP contribution in [-0.2, 0) is 0 Å². The van der Waals surface area contributed by atoms with Crippen LogP contribution in [0.5, 0.6) is 0 Å². The van der Waals surface area contributed by atoms with Crippen LogP contribution in [0.1, 0.15) is 5.56 Å². The molecule has 1 aromatic heterocycles. The third kappa shape index (κ3) is 1.87. The van der Waals surface area contributed by atoms with E-state index in [1.54, 1.807) is 6.20 Å². The number of imidazole rings is 1. The molecule has 1 aliphatic carbocycles. The van der Waals surface area contributed by atoms with Gasteiger partial charge < -0.3 is 0 Å². The molecule has 3 heteroatoms. The molecule has 0 radical (unpaired) electrons. The van der Waals surface area contributed by atoms with Gasteiger partial charge in [-0.2, -0.15) is 0 Å². The van der Waals surface area contributed by atoms with Crippen molar-refractivity contribution < 1.29 is 0 Å². The molecular formula is C14H11N3. The molecule has 0 aromatic carbocycles. The van der Waals surface area contributed by atoms with Crippen molar-refractivity contribution in [2.24, 2.45) is 0 Å². The Kier molecular flexibility index (Phi) is 2.29. The smallest absolute Gasteiger partial charge is 0.179 e. The molecule has 0 atom stereocenters. The molecular weight excluding hydrogens is 210 g/mol. The fraction of sp³-hybridized carbons (Fsp3) is 0.0714. The van der Waals surface area contributed by atoms with Crippen LogP contribution in [0.25, 0.3) is 22.9 Å². The van der Waals surface area contributed by atoms with Gasteiger partial charge in [-0.25, -0.2) is 9.97 Å². The van der Waals surface area contributed by atoms with E-state index in [9.17, 15) is 0 Å². The molecule has 3 nitrogen and oxygen atoms in total.